The normalized spacial score (nSPS) is 20.1. The number of hydrogen-bond donors (Lipinski definition) is 1. The van der Waals surface area contributed by atoms with E-state index in [0.717, 1.165) is 58.4 Å². The Kier molecular flexibility index (Phi) is 9.22. The first kappa shape index (κ1) is 26.7. The third kappa shape index (κ3) is 5.21. The third-order valence-corrected chi connectivity index (χ3v) is 7.94. The first-order chi connectivity index (χ1) is 15.7. The lowest BCUT2D eigenvalue weighted by Gasteiger charge is -2.48. The van der Waals surface area contributed by atoms with E-state index in [1.807, 2.05) is 0 Å². The van der Waals surface area contributed by atoms with Crippen LogP contribution in [0.3, 0.4) is 0 Å². The molecule has 4 nitrogen and oxygen atoms in total. The maximum Gasteiger partial charge on any atom is 0.238 e. The number of nitrogens with zero attached hydrogens (tertiary/aromatic N) is 2. The van der Waals surface area contributed by atoms with Crippen LogP contribution in [0.5, 0.6) is 0 Å². The molecule has 3 aliphatic rings. The van der Waals surface area contributed by atoms with Gasteiger partial charge in [-0.15, -0.1) is 24.8 Å². The van der Waals surface area contributed by atoms with Crippen molar-refractivity contribution in [2.45, 2.75) is 50.5 Å². The van der Waals surface area contributed by atoms with Crippen LogP contribution in [0.4, 0.5) is 0 Å². The largest absolute Gasteiger partial charge is 0.368 e. The molecule has 2 aromatic carbocycles. The highest BCUT2D eigenvalue weighted by molar-refractivity contribution is 5.86. The Hall–Kier alpha value is -1.85. The van der Waals surface area contributed by atoms with Crippen molar-refractivity contribution in [3.63, 3.8) is 0 Å². The zero-order valence-corrected chi connectivity index (χ0v) is 21.5. The van der Waals surface area contributed by atoms with Gasteiger partial charge >= 0.3 is 0 Å². The molecule has 0 bridgehead atoms. The van der Waals surface area contributed by atoms with Crippen LogP contribution in [0.15, 0.2) is 54.6 Å². The van der Waals surface area contributed by atoms with Gasteiger partial charge in [0.25, 0.3) is 0 Å². The second-order valence-electron chi connectivity index (χ2n) is 9.68. The molecule has 2 fully saturated rings. The lowest BCUT2D eigenvalue weighted by atomic mass is 9.83. The molecule has 0 unspecified atom stereocenters. The monoisotopic (exact) mass is 501 g/mol. The predicted octanol–water partition coefficient (Wildman–Crippen LogP) is 4.87. The Morgan fingerprint density at radius 1 is 0.824 bits per heavy atom. The van der Waals surface area contributed by atoms with E-state index in [1.165, 1.54) is 47.1 Å². The van der Waals surface area contributed by atoms with Crippen LogP contribution in [0.1, 0.15) is 54.4 Å². The van der Waals surface area contributed by atoms with Gasteiger partial charge in [-0.25, -0.2) is 0 Å². The van der Waals surface area contributed by atoms with Gasteiger partial charge in [0, 0.05) is 19.6 Å². The van der Waals surface area contributed by atoms with Crippen LogP contribution in [0, 0.1) is 0 Å². The fourth-order valence-corrected chi connectivity index (χ4v) is 6.00. The highest BCUT2D eigenvalue weighted by Crippen LogP contribution is 2.35. The van der Waals surface area contributed by atoms with Gasteiger partial charge in [-0.05, 0) is 79.4 Å². The molecule has 0 aromatic heterocycles. The Morgan fingerprint density at radius 2 is 1.35 bits per heavy atom. The minimum Gasteiger partial charge on any atom is -0.368 e. The first-order valence-electron chi connectivity index (χ1n) is 12.3. The second-order valence-corrected chi connectivity index (χ2v) is 9.68. The summed E-state index contributed by atoms with van der Waals surface area (Å²) in [5, 5.41) is 0. The number of carbonyl (C=O) groups is 1. The van der Waals surface area contributed by atoms with Crippen molar-refractivity contribution in [2.75, 3.05) is 32.7 Å². The van der Waals surface area contributed by atoms with Crippen molar-refractivity contribution in [3.05, 3.63) is 76.9 Å². The lowest BCUT2D eigenvalue weighted by Crippen LogP contribution is -2.63. The van der Waals surface area contributed by atoms with E-state index in [2.05, 4.69) is 64.4 Å². The molecule has 1 aliphatic carbocycles. The van der Waals surface area contributed by atoms with Crippen LogP contribution < -0.4 is 5.73 Å². The van der Waals surface area contributed by atoms with Crippen molar-refractivity contribution in [3.8, 4) is 0 Å². The van der Waals surface area contributed by atoms with Crippen LogP contribution >= 0.6 is 24.8 Å². The topological polar surface area (TPSA) is 49.6 Å². The van der Waals surface area contributed by atoms with E-state index >= 15 is 0 Å². The van der Waals surface area contributed by atoms with Gasteiger partial charge in [0.05, 0.1) is 0 Å². The fraction of sp³-hybridized carbons (Fsp3) is 0.464. The molecule has 184 valence electrons. The predicted molar refractivity (Wildman–Crippen MR) is 145 cm³/mol. The van der Waals surface area contributed by atoms with Crippen molar-refractivity contribution in [2.24, 2.45) is 5.73 Å². The number of amides is 1. The Balaban J connectivity index is 0.00000162. The van der Waals surface area contributed by atoms with Gasteiger partial charge in [-0.1, -0.05) is 61.0 Å². The molecule has 2 heterocycles. The number of fused-ring (bicyclic) bond motifs is 2. The number of carbonyl (C=O) groups excluding carboxylic acids is 1. The number of halogens is 2. The van der Waals surface area contributed by atoms with Crippen LogP contribution in [-0.2, 0) is 17.6 Å². The molecular formula is C28H37Cl2N3O. The highest BCUT2D eigenvalue weighted by atomic mass is 35.5. The highest BCUT2D eigenvalue weighted by Gasteiger charge is 2.44. The molecule has 0 atom stereocenters. The number of primary amides is 1. The molecule has 0 saturated carbocycles. The number of likely N-dealkylation sites (tertiary alicyclic amines) is 2. The molecule has 0 spiro atoms. The molecule has 2 aliphatic heterocycles. The van der Waals surface area contributed by atoms with E-state index in [0.29, 0.717) is 0 Å². The fourth-order valence-electron chi connectivity index (χ4n) is 6.00. The minimum atomic E-state index is -0.439. The van der Waals surface area contributed by atoms with Crippen LogP contribution in [0.25, 0.3) is 5.57 Å². The van der Waals surface area contributed by atoms with Crippen molar-refractivity contribution in [1.29, 1.82) is 0 Å². The molecule has 2 aromatic rings. The summed E-state index contributed by atoms with van der Waals surface area (Å²) in [5.74, 6) is -0.121. The van der Waals surface area contributed by atoms with Gasteiger partial charge < -0.3 is 5.73 Å². The van der Waals surface area contributed by atoms with Crippen molar-refractivity contribution < 1.29 is 4.79 Å². The Morgan fingerprint density at radius 3 is 1.88 bits per heavy atom. The summed E-state index contributed by atoms with van der Waals surface area (Å²) < 4.78 is 0. The van der Waals surface area contributed by atoms with Crippen LogP contribution in [0.2, 0.25) is 0 Å². The van der Waals surface area contributed by atoms with Gasteiger partial charge in [0.1, 0.15) is 5.54 Å². The second kappa shape index (κ2) is 11.7. The quantitative estimate of drug-likeness (QED) is 0.650. The molecule has 2 N–H and O–H groups in total. The smallest absolute Gasteiger partial charge is 0.238 e. The summed E-state index contributed by atoms with van der Waals surface area (Å²) in [5.41, 5.74) is 12.5. The van der Waals surface area contributed by atoms with Gasteiger partial charge in [-0.2, -0.15) is 0 Å². The maximum atomic E-state index is 12.6. The van der Waals surface area contributed by atoms with Gasteiger partial charge in [0.15, 0.2) is 0 Å². The van der Waals surface area contributed by atoms with Crippen molar-refractivity contribution >= 4 is 36.3 Å². The SMILES string of the molecule is Cl.Cl.NC(=O)C1(N2CCCCC2)CCN(CC=C2c3ccccc3CCc3ccccc32)CC1. The number of rotatable bonds is 4. The molecule has 34 heavy (non-hydrogen) atoms. The van der Waals surface area contributed by atoms with Gasteiger partial charge in [-0.3, -0.25) is 14.6 Å². The lowest BCUT2D eigenvalue weighted by molar-refractivity contribution is -0.134. The number of piperidine rings is 2. The zero-order chi connectivity index (χ0) is 22.0. The molecule has 0 radical (unpaired) electrons. The Labute approximate surface area is 216 Å². The number of benzene rings is 2. The summed E-state index contributed by atoms with van der Waals surface area (Å²) in [7, 11) is 0. The Bertz CT molecular complexity index is 959. The van der Waals surface area contributed by atoms with Gasteiger partial charge in [0.2, 0.25) is 5.91 Å². The first-order valence-corrected chi connectivity index (χ1v) is 12.3. The minimum absolute atomic E-state index is 0. The summed E-state index contributed by atoms with van der Waals surface area (Å²) in [6.07, 6.45) is 9.93. The van der Waals surface area contributed by atoms with Crippen LogP contribution in [-0.4, -0.2) is 54.0 Å². The average molecular weight is 503 g/mol. The number of hydrogen-bond acceptors (Lipinski definition) is 3. The zero-order valence-electron chi connectivity index (χ0n) is 19.9. The molecule has 6 heteroatoms. The van der Waals surface area contributed by atoms with E-state index < -0.39 is 5.54 Å². The van der Waals surface area contributed by atoms with E-state index in [1.54, 1.807) is 0 Å². The summed E-state index contributed by atoms with van der Waals surface area (Å²) >= 11 is 0. The summed E-state index contributed by atoms with van der Waals surface area (Å²) in [6.45, 7) is 4.78. The van der Waals surface area contributed by atoms with E-state index in [9.17, 15) is 4.79 Å². The molecular weight excluding hydrogens is 465 g/mol. The maximum absolute atomic E-state index is 12.6. The molecule has 2 saturated heterocycles. The standard InChI is InChI=1S/C28H35N3O.2ClH/c29-27(32)28(31-17-6-1-7-18-31)15-20-30(21-16-28)19-14-26-24-10-4-2-8-22(24)12-13-23-9-3-5-11-25(23)26;;/h2-5,8-11,14H,1,6-7,12-13,15-21H2,(H2,29,32);2*1H. The average Bonchev–Trinajstić information content (AvgIpc) is 3.00. The summed E-state index contributed by atoms with van der Waals surface area (Å²) in [4.78, 5) is 17.4. The molecule has 1 amide bonds. The third-order valence-electron chi connectivity index (χ3n) is 7.94. The summed E-state index contributed by atoms with van der Waals surface area (Å²) in [6, 6.07) is 17.7. The van der Waals surface area contributed by atoms with Crippen molar-refractivity contribution in [1.82, 2.24) is 9.80 Å². The van der Waals surface area contributed by atoms with E-state index in [4.69, 9.17) is 5.73 Å². The molecule has 5 rings (SSSR count). The number of aryl methyl sites for hydroxylation is 2. The van der Waals surface area contributed by atoms with E-state index in [-0.39, 0.29) is 30.7 Å². The number of nitrogens with two attached hydrogens (primary N) is 1.